The molecule has 22 heavy (non-hydrogen) atoms. The van der Waals surface area contributed by atoms with Crippen molar-refractivity contribution in [1.29, 1.82) is 0 Å². The van der Waals surface area contributed by atoms with Crippen molar-refractivity contribution in [3.63, 3.8) is 0 Å². The number of aromatic nitrogens is 1. The second kappa shape index (κ2) is 7.19. The molecule has 1 saturated heterocycles. The summed E-state index contributed by atoms with van der Waals surface area (Å²) in [6.45, 7) is 1.61. The Balaban J connectivity index is 2.17. The van der Waals surface area contributed by atoms with E-state index in [0.717, 1.165) is 11.1 Å². The molecule has 2 rings (SSSR count). The molecule has 0 radical (unpaired) electrons. The summed E-state index contributed by atoms with van der Waals surface area (Å²) in [4.78, 5) is 16.3. The Bertz CT molecular complexity index is 517. The van der Waals surface area contributed by atoms with Gasteiger partial charge in [-0.2, -0.15) is 8.78 Å². The van der Waals surface area contributed by atoms with Gasteiger partial charge in [0.1, 0.15) is 5.69 Å². The highest BCUT2D eigenvalue weighted by Crippen LogP contribution is 2.21. The fraction of sp³-hybridized carbons (Fsp3) is 0.667. The van der Waals surface area contributed by atoms with Crippen LogP contribution in [-0.4, -0.2) is 67.2 Å². The first kappa shape index (κ1) is 16.9. The number of hydrogen-bond donors (Lipinski definition) is 0. The number of carbonyl (C=O) groups excluding carboxylic acids is 1. The minimum Gasteiger partial charge on any atom is -0.379 e. The van der Waals surface area contributed by atoms with Crippen molar-refractivity contribution >= 4 is 5.91 Å². The normalized spacial score (nSPS) is 19.8. The summed E-state index contributed by atoms with van der Waals surface area (Å²) >= 11 is 0. The van der Waals surface area contributed by atoms with Gasteiger partial charge < -0.3 is 14.5 Å². The molecule has 124 valence electrons. The van der Waals surface area contributed by atoms with Crippen LogP contribution < -0.4 is 0 Å². The second-order valence-corrected chi connectivity index (χ2v) is 5.96. The number of hydrogen-bond acceptors (Lipinski definition) is 3. The van der Waals surface area contributed by atoms with Gasteiger partial charge in [-0.05, 0) is 33.2 Å². The number of amides is 1. The van der Waals surface area contributed by atoms with Crippen LogP contribution in [0.5, 0.6) is 0 Å². The molecular weight excluding hydrogens is 292 g/mol. The molecule has 1 aliphatic heterocycles. The Morgan fingerprint density at radius 1 is 1.45 bits per heavy atom. The van der Waals surface area contributed by atoms with Crippen molar-refractivity contribution < 1.29 is 18.3 Å². The average molecular weight is 315 g/mol. The summed E-state index contributed by atoms with van der Waals surface area (Å²) in [7, 11) is 3.92. The first-order valence-corrected chi connectivity index (χ1v) is 7.38. The third-order valence-electron chi connectivity index (χ3n) is 3.78. The molecule has 7 heteroatoms. The summed E-state index contributed by atoms with van der Waals surface area (Å²) in [5.41, 5.74) is 0.423. The first-order valence-electron chi connectivity index (χ1n) is 7.38. The maximum Gasteiger partial charge on any atom is 0.319 e. The van der Waals surface area contributed by atoms with Gasteiger partial charge in [0.05, 0.1) is 13.2 Å². The molecule has 2 heterocycles. The van der Waals surface area contributed by atoms with E-state index in [1.165, 1.54) is 6.07 Å². The average Bonchev–Trinajstić information content (AvgIpc) is 2.67. The topological polar surface area (TPSA) is 37.7 Å². The van der Waals surface area contributed by atoms with Crippen LogP contribution >= 0.6 is 0 Å². The molecule has 1 aliphatic rings. The lowest BCUT2D eigenvalue weighted by atomic mass is 10.1. The molecular formula is C15H23F2N3O2. The van der Waals surface area contributed by atoms with Gasteiger partial charge in [-0.15, -0.1) is 0 Å². The Labute approximate surface area is 129 Å². The van der Waals surface area contributed by atoms with E-state index in [4.69, 9.17) is 4.74 Å². The van der Waals surface area contributed by atoms with E-state index in [9.17, 15) is 13.6 Å². The van der Waals surface area contributed by atoms with Crippen molar-refractivity contribution in [3.8, 4) is 0 Å². The largest absolute Gasteiger partial charge is 0.379 e. The second-order valence-electron chi connectivity index (χ2n) is 5.96. The maximum absolute atomic E-state index is 13.1. The van der Waals surface area contributed by atoms with E-state index >= 15 is 0 Å². The minimum absolute atomic E-state index is 0.0398. The van der Waals surface area contributed by atoms with Gasteiger partial charge in [-0.1, -0.05) is 0 Å². The van der Waals surface area contributed by atoms with Gasteiger partial charge in [0.2, 0.25) is 0 Å². The molecule has 0 aromatic carbocycles. The SMILES string of the molecule is Cc1ccc(C(=O)N2CCOC[C@@H](CN(C)C)C2)n1C(F)F. The summed E-state index contributed by atoms with van der Waals surface area (Å²) in [5, 5.41) is 0. The number of rotatable bonds is 4. The van der Waals surface area contributed by atoms with Crippen LogP contribution in [0.25, 0.3) is 0 Å². The van der Waals surface area contributed by atoms with Crippen molar-refractivity contribution in [2.75, 3.05) is 46.9 Å². The molecule has 1 aromatic heterocycles. The zero-order valence-corrected chi connectivity index (χ0v) is 13.3. The van der Waals surface area contributed by atoms with Crippen LogP contribution in [0.1, 0.15) is 22.7 Å². The third kappa shape index (κ3) is 3.84. The molecule has 5 nitrogen and oxygen atoms in total. The third-order valence-corrected chi connectivity index (χ3v) is 3.78. The number of alkyl halides is 2. The molecule has 1 aromatic rings. The van der Waals surface area contributed by atoms with Crippen LogP contribution in [-0.2, 0) is 4.74 Å². The van der Waals surface area contributed by atoms with Gasteiger partial charge in [-0.3, -0.25) is 9.36 Å². The molecule has 0 spiro atoms. The summed E-state index contributed by atoms with van der Waals surface area (Å²) in [5.74, 6) is -0.180. The molecule has 0 aliphatic carbocycles. The molecule has 1 fully saturated rings. The Morgan fingerprint density at radius 3 is 2.82 bits per heavy atom. The Morgan fingerprint density at radius 2 is 2.18 bits per heavy atom. The van der Waals surface area contributed by atoms with E-state index in [2.05, 4.69) is 0 Å². The van der Waals surface area contributed by atoms with Crippen LogP contribution in [0.2, 0.25) is 0 Å². The monoisotopic (exact) mass is 315 g/mol. The number of aryl methyl sites for hydroxylation is 1. The molecule has 0 bridgehead atoms. The van der Waals surface area contributed by atoms with Crippen LogP contribution in [0.4, 0.5) is 8.78 Å². The Kier molecular flexibility index (Phi) is 5.52. The van der Waals surface area contributed by atoms with Gasteiger partial charge in [0, 0.05) is 31.2 Å². The number of halogens is 2. The minimum atomic E-state index is -2.71. The van der Waals surface area contributed by atoms with Crippen LogP contribution in [0.15, 0.2) is 12.1 Å². The summed E-state index contributed by atoms with van der Waals surface area (Å²) in [6.07, 6.45) is 0. The molecule has 0 saturated carbocycles. The highest BCUT2D eigenvalue weighted by Gasteiger charge is 2.27. The van der Waals surface area contributed by atoms with Crippen molar-refractivity contribution in [1.82, 2.24) is 14.4 Å². The zero-order valence-electron chi connectivity index (χ0n) is 13.3. The quantitative estimate of drug-likeness (QED) is 0.851. The van der Waals surface area contributed by atoms with E-state index in [-0.39, 0.29) is 17.5 Å². The lowest BCUT2D eigenvalue weighted by Gasteiger charge is -2.26. The zero-order chi connectivity index (χ0) is 16.3. The standard InChI is InChI=1S/C15H23F2N3O2/c1-11-4-5-13(20(11)15(16)17)14(21)19-6-7-22-10-12(9-19)8-18(2)3/h4-5,12,15H,6-10H2,1-3H3/t12-/m0/s1. The molecule has 0 unspecified atom stereocenters. The van der Waals surface area contributed by atoms with Crippen LogP contribution in [0.3, 0.4) is 0 Å². The van der Waals surface area contributed by atoms with E-state index in [1.54, 1.807) is 17.9 Å². The lowest BCUT2D eigenvalue weighted by molar-refractivity contribution is 0.0543. The smallest absolute Gasteiger partial charge is 0.319 e. The van der Waals surface area contributed by atoms with E-state index in [1.807, 2.05) is 19.0 Å². The number of carbonyl (C=O) groups is 1. The van der Waals surface area contributed by atoms with Gasteiger partial charge >= 0.3 is 6.55 Å². The number of ether oxygens (including phenoxy) is 1. The highest BCUT2D eigenvalue weighted by atomic mass is 19.3. The highest BCUT2D eigenvalue weighted by molar-refractivity contribution is 5.93. The molecule has 1 atom stereocenters. The van der Waals surface area contributed by atoms with Crippen molar-refractivity contribution in [2.45, 2.75) is 13.5 Å². The predicted octanol–water partition coefficient (Wildman–Crippen LogP) is 1.84. The lowest BCUT2D eigenvalue weighted by Crippen LogP contribution is -2.39. The van der Waals surface area contributed by atoms with Crippen molar-refractivity contribution in [3.05, 3.63) is 23.5 Å². The Hall–Kier alpha value is -1.47. The first-order chi connectivity index (χ1) is 10.4. The van der Waals surface area contributed by atoms with E-state index in [0.29, 0.717) is 32.0 Å². The fourth-order valence-electron chi connectivity index (χ4n) is 2.84. The molecule has 0 N–H and O–H groups in total. The van der Waals surface area contributed by atoms with Crippen molar-refractivity contribution in [2.24, 2.45) is 5.92 Å². The number of nitrogens with zero attached hydrogens (tertiary/aromatic N) is 3. The van der Waals surface area contributed by atoms with Crippen LogP contribution in [0, 0.1) is 12.8 Å². The van der Waals surface area contributed by atoms with Gasteiger partial charge in [0.15, 0.2) is 0 Å². The molecule has 1 amide bonds. The van der Waals surface area contributed by atoms with Gasteiger partial charge in [-0.25, -0.2) is 0 Å². The van der Waals surface area contributed by atoms with E-state index < -0.39 is 6.55 Å². The summed E-state index contributed by atoms with van der Waals surface area (Å²) < 4.78 is 32.6. The predicted molar refractivity (Wildman–Crippen MR) is 79.2 cm³/mol. The van der Waals surface area contributed by atoms with Gasteiger partial charge in [0.25, 0.3) is 5.91 Å². The summed E-state index contributed by atoms with van der Waals surface area (Å²) in [6, 6.07) is 3.02. The fourth-order valence-corrected chi connectivity index (χ4v) is 2.84. The maximum atomic E-state index is 13.1.